The van der Waals surface area contributed by atoms with Gasteiger partial charge in [0.2, 0.25) is 0 Å². The Morgan fingerprint density at radius 2 is 1.86 bits per heavy atom. The molecular formula is C23H35FN2O3. The monoisotopic (exact) mass is 406 g/mol. The topological polar surface area (TPSA) is 53.0 Å². The molecule has 2 fully saturated rings. The van der Waals surface area contributed by atoms with Crippen LogP contribution < -0.4 is 0 Å². The zero-order valence-electron chi connectivity index (χ0n) is 18.0. The number of β-amino-alcohol motifs (C(OH)–C–C–N with tert-alkyl or cyclic N) is 1. The number of piperidine rings is 2. The molecule has 2 aliphatic rings. The van der Waals surface area contributed by atoms with Crippen molar-refractivity contribution in [1.82, 2.24) is 9.80 Å². The molecule has 0 aliphatic carbocycles. The second kappa shape index (κ2) is 9.00. The molecule has 1 unspecified atom stereocenters. The molecule has 1 aromatic carbocycles. The van der Waals surface area contributed by atoms with Crippen LogP contribution in [-0.2, 0) is 11.2 Å². The molecule has 6 heteroatoms. The standard InChI is InChI=1S/C23H35FN2O3/c1-22(2,3)29-21(27)26-12-4-11-23(28,17-26)16-25-13-9-19(10-14-25)15-18-5-7-20(24)8-6-18/h5-8,19,28H,4,9-17H2,1-3H3. The minimum absolute atomic E-state index is 0.190. The van der Waals surface area contributed by atoms with Gasteiger partial charge in [0.1, 0.15) is 11.4 Å². The molecule has 0 bridgehead atoms. The van der Waals surface area contributed by atoms with Gasteiger partial charge < -0.3 is 19.6 Å². The van der Waals surface area contributed by atoms with E-state index < -0.39 is 11.2 Å². The van der Waals surface area contributed by atoms with Gasteiger partial charge in [0.05, 0.1) is 12.1 Å². The van der Waals surface area contributed by atoms with Crippen molar-refractivity contribution in [3.05, 3.63) is 35.6 Å². The van der Waals surface area contributed by atoms with Crippen LogP contribution in [0.1, 0.15) is 52.0 Å². The summed E-state index contributed by atoms with van der Waals surface area (Å²) in [4.78, 5) is 16.4. The third kappa shape index (κ3) is 6.68. The molecule has 162 valence electrons. The van der Waals surface area contributed by atoms with E-state index in [2.05, 4.69) is 4.90 Å². The average Bonchev–Trinajstić information content (AvgIpc) is 2.64. The fraction of sp³-hybridized carbons (Fsp3) is 0.696. The van der Waals surface area contributed by atoms with E-state index in [1.165, 1.54) is 17.7 Å². The first-order valence-corrected chi connectivity index (χ1v) is 10.8. The highest BCUT2D eigenvalue weighted by Gasteiger charge is 2.38. The maximum absolute atomic E-state index is 13.1. The summed E-state index contributed by atoms with van der Waals surface area (Å²) >= 11 is 0. The Morgan fingerprint density at radius 3 is 2.48 bits per heavy atom. The third-order valence-corrected chi connectivity index (χ3v) is 5.87. The van der Waals surface area contributed by atoms with Gasteiger partial charge in [-0.05, 0) is 89.6 Å². The van der Waals surface area contributed by atoms with Gasteiger partial charge in [0, 0.05) is 13.1 Å². The zero-order valence-corrected chi connectivity index (χ0v) is 18.0. The number of carbonyl (C=O) groups excluding carboxylic acids is 1. The van der Waals surface area contributed by atoms with Crippen molar-refractivity contribution < 1.29 is 19.0 Å². The van der Waals surface area contributed by atoms with Crippen LogP contribution in [0.5, 0.6) is 0 Å². The van der Waals surface area contributed by atoms with Crippen molar-refractivity contribution in [3.63, 3.8) is 0 Å². The highest BCUT2D eigenvalue weighted by Crippen LogP contribution is 2.27. The van der Waals surface area contributed by atoms with Gasteiger partial charge in [-0.15, -0.1) is 0 Å². The molecule has 2 aliphatic heterocycles. The highest BCUT2D eigenvalue weighted by atomic mass is 19.1. The summed E-state index contributed by atoms with van der Waals surface area (Å²) in [5.74, 6) is 0.403. The molecule has 1 N–H and O–H groups in total. The van der Waals surface area contributed by atoms with Crippen LogP contribution in [0.25, 0.3) is 0 Å². The van der Waals surface area contributed by atoms with Gasteiger partial charge in [-0.1, -0.05) is 12.1 Å². The maximum Gasteiger partial charge on any atom is 0.410 e. The first-order chi connectivity index (χ1) is 13.6. The molecule has 3 rings (SSSR count). The van der Waals surface area contributed by atoms with Crippen molar-refractivity contribution in [3.8, 4) is 0 Å². The number of hydrogen-bond acceptors (Lipinski definition) is 4. The Morgan fingerprint density at radius 1 is 1.21 bits per heavy atom. The average molecular weight is 407 g/mol. The van der Waals surface area contributed by atoms with E-state index >= 15 is 0 Å². The van der Waals surface area contributed by atoms with Crippen molar-refractivity contribution in [2.24, 2.45) is 5.92 Å². The van der Waals surface area contributed by atoms with Crippen LogP contribution in [0.2, 0.25) is 0 Å². The molecule has 1 amide bonds. The fourth-order valence-electron chi connectivity index (χ4n) is 4.44. The number of benzene rings is 1. The lowest BCUT2D eigenvalue weighted by Crippen LogP contribution is -2.57. The summed E-state index contributed by atoms with van der Waals surface area (Å²) in [7, 11) is 0. The van der Waals surface area contributed by atoms with Crippen LogP contribution in [-0.4, -0.2) is 64.9 Å². The molecule has 0 saturated carbocycles. The SMILES string of the molecule is CC(C)(C)OC(=O)N1CCCC(O)(CN2CCC(Cc3ccc(F)cc3)CC2)C1. The quantitative estimate of drug-likeness (QED) is 0.825. The number of nitrogens with zero attached hydrogens (tertiary/aromatic N) is 2. The molecule has 29 heavy (non-hydrogen) atoms. The molecule has 5 nitrogen and oxygen atoms in total. The normalized spacial score (nSPS) is 24.5. The number of carbonyl (C=O) groups is 1. The van der Waals surface area contributed by atoms with E-state index in [-0.39, 0.29) is 11.9 Å². The zero-order chi connectivity index (χ0) is 21.1. The second-order valence-corrected chi connectivity index (χ2v) is 9.78. The van der Waals surface area contributed by atoms with Crippen LogP contribution in [0.3, 0.4) is 0 Å². The minimum Gasteiger partial charge on any atom is -0.444 e. The van der Waals surface area contributed by atoms with E-state index in [1.807, 2.05) is 32.9 Å². The van der Waals surface area contributed by atoms with Crippen LogP contribution >= 0.6 is 0 Å². The van der Waals surface area contributed by atoms with E-state index in [0.29, 0.717) is 32.0 Å². The summed E-state index contributed by atoms with van der Waals surface area (Å²) in [6, 6.07) is 6.80. The summed E-state index contributed by atoms with van der Waals surface area (Å²) in [5, 5.41) is 11.1. The van der Waals surface area contributed by atoms with Gasteiger partial charge in [-0.25, -0.2) is 9.18 Å². The predicted molar refractivity (Wildman–Crippen MR) is 111 cm³/mol. The summed E-state index contributed by atoms with van der Waals surface area (Å²) in [6.07, 6.45) is 4.28. The van der Waals surface area contributed by atoms with Gasteiger partial charge in [0.25, 0.3) is 0 Å². The van der Waals surface area contributed by atoms with Crippen molar-refractivity contribution in [2.75, 3.05) is 32.7 Å². The Bertz CT molecular complexity index is 680. The molecule has 0 aromatic heterocycles. The molecule has 2 heterocycles. The fourth-order valence-corrected chi connectivity index (χ4v) is 4.44. The third-order valence-electron chi connectivity index (χ3n) is 5.87. The minimum atomic E-state index is -0.876. The molecular weight excluding hydrogens is 371 g/mol. The first kappa shape index (κ1) is 22.0. The van der Waals surface area contributed by atoms with Gasteiger partial charge in [-0.3, -0.25) is 0 Å². The van der Waals surface area contributed by atoms with E-state index in [4.69, 9.17) is 4.74 Å². The van der Waals surface area contributed by atoms with Gasteiger partial charge >= 0.3 is 6.09 Å². The molecule has 1 atom stereocenters. The van der Waals surface area contributed by atoms with Gasteiger partial charge in [-0.2, -0.15) is 0 Å². The second-order valence-electron chi connectivity index (χ2n) is 9.78. The van der Waals surface area contributed by atoms with Crippen molar-refractivity contribution >= 4 is 6.09 Å². The van der Waals surface area contributed by atoms with Crippen LogP contribution in [0.15, 0.2) is 24.3 Å². The summed E-state index contributed by atoms with van der Waals surface area (Å²) < 4.78 is 18.5. The van der Waals surface area contributed by atoms with Crippen LogP contribution in [0, 0.1) is 11.7 Å². The Balaban J connectivity index is 1.47. The lowest BCUT2D eigenvalue weighted by molar-refractivity contribution is -0.0630. The lowest BCUT2D eigenvalue weighted by atomic mass is 9.88. The number of halogens is 1. The Labute approximate surface area is 173 Å². The van der Waals surface area contributed by atoms with E-state index in [1.54, 1.807) is 4.90 Å². The highest BCUT2D eigenvalue weighted by molar-refractivity contribution is 5.68. The largest absolute Gasteiger partial charge is 0.444 e. The van der Waals surface area contributed by atoms with Gasteiger partial charge in [0.15, 0.2) is 0 Å². The molecule has 2 saturated heterocycles. The number of likely N-dealkylation sites (tertiary alicyclic amines) is 2. The number of ether oxygens (including phenoxy) is 1. The van der Waals surface area contributed by atoms with Crippen molar-refractivity contribution in [1.29, 1.82) is 0 Å². The molecule has 1 aromatic rings. The number of amides is 1. The number of rotatable bonds is 4. The lowest BCUT2D eigenvalue weighted by Gasteiger charge is -2.43. The smallest absolute Gasteiger partial charge is 0.410 e. The number of hydrogen-bond donors (Lipinski definition) is 1. The molecule has 0 spiro atoms. The summed E-state index contributed by atoms with van der Waals surface area (Å²) in [6.45, 7) is 9.02. The summed E-state index contributed by atoms with van der Waals surface area (Å²) in [5.41, 5.74) is -0.221. The van der Waals surface area contributed by atoms with E-state index in [9.17, 15) is 14.3 Å². The Kier molecular flexibility index (Phi) is 6.84. The van der Waals surface area contributed by atoms with E-state index in [0.717, 1.165) is 38.8 Å². The maximum atomic E-state index is 13.1. The molecule has 0 radical (unpaired) electrons. The Hall–Kier alpha value is -1.66. The van der Waals surface area contributed by atoms with Crippen LogP contribution in [0.4, 0.5) is 9.18 Å². The first-order valence-electron chi connectivity index (χ1n) is 10.8. The van der Waals surface area contributed by atoms with Crippen molar-refractivity contribution in [2.45, 2.75) is 64.1 Å². The predicted octanol–water partition coefficient (Wildman–Crippen LogP) is 3.84. The number of aliphatic hydroxyl groups is 1.